The molecule has 0 fully saturated rings. The molecule has 1 rings (SSSR count). The molecule has 1 aromatic rings. The molecule has 1 atom stereocenters. The molecule has 1 aromatic carbocycles. The third kappa shape index (κ3) is 3.05. The maximum absolute atomic E-state index is 13.9. The predicted molar refractivity (Wildman–Crippen MR) is 67.4 cm³/mol. The molecule has 0 aliphatic carbocycles. The minimum Gasteiger partial charge on any atom is -0.330 e. The summed E-state index contributed by atoms with van der Waals surface area (Å²) in [6, 6.07) is 5.85. The zero-order valence-corrected chi connectivity index (χ0v) is 10.7. The topological polar surface area (TPSA) is 26.0 Å². The summed E-state index contributed by atoms with van der Waals surface area (Å²) in [6.45, 7) is 8.06. The summed E-state index contributed by atoms with van der Waals surface area (Å²) >= 11 is 0. The Morgan fingerprint density at radius 2 is 2.00 bits per heavy atom. The number of halogens is 1. The van der Waals surface area contributed by atoms with Crippen LogP contribution in [-0.4, -0.2) is 6.54 Å². The van der Waals surface area contributed by atoms with Gasteiger partial charge in [0.05, 0.1) is 0 Å². The second-order valence-corrected chi connectivity index (χ2v) is 5.02. The lowest BCUT2D eigenvalue weighted by Crippen LogP contribution is -2.11. The summed E-state index contributed by atoms with van der Waals surface area (Å²) < 4.78 is 13.9. The second kappa shape index (κ2) is 4.96. The van der Waals surface area contributed by atoms with Crippen molar-refractivity contribution in [3.05, 3.63) is 34.9 Å². The monoisotopic (exact) mass is 223 g/mol. The number of rotatable bonds is 4. The zero-order chi connectivity index (χ0) is 12.3. The average molecular weight is 223 g/mol. The van der Waals surface area contributed by atoms with Crippen LogP contribution in [0.1, 0.15) is 49.8 Å². The molecule has 0 bridgehead atoms. The third-order valence-corrected chi connectivity index (χ3v) is 3.10. The molecule has 1 nitrogen and oxygen atoms in total. The van der Waals surface area contributed by atoms with Gasteiger partial charge in [-0.3, -0.25) is 0 Å². The first-order valence-electron chi connectivity index (χ1n) is 5.86. The molecule has 0 aliphatic rings. The van der Waals surface area contributed by atoms with Crippen molar-refractivity contribution >= 4 is 0 Å². The van der Waals surface area contributed by atoms with Gasteiger partial charge in [-0.1, -0.05) is 25.1 Å². The van der Waals surface area contributed by atoms with Crippen molar-refractivity contribution in [1.82, 2.24) is 0 Å². The van der Waals surface area contributed by atoms with Crippen LogP contribution in [0.25, 0.3) is 0 Å². The molecule has 1 unspecified atom stereocenters. The predicted octanol–water partition coefficient (Wildman–Crippen LogP) is 3.65. The van der Waals surface area contributed by atoms with Crippen LogP contribution in [0, 0.1) is 6.92 Å². The molecule has 90 valence electrons. The van der Waals surface area contributed by atoms with E-state index in [9.17, 15) is 4.39 Å². The van der Waals surface area contributed by atoms with Crippen LogP contribution in [-0.2, 0) is 5.67 Å². The van der Waals surface area contributed by atoms with Crippen molar-refractivity contribution in [3.63, 3.8) is 0 Å². The van der Waals surface area contributed by atoms with Gasteiger partial charge in [0.25, 0.3) is 0 Å². The lowest BCUT2D eigenvalue weighted by molar-refractivity contribution is 0.221. The van der Waals surface area contributed by atoms with Gasteiger partial charge in [-0.15, -0.1) is 0 Å². The van der Waals surface area contributed by atoms with E-state index in [1.54, 1.807) is 13.8 Å². The first kappa shape index (κ1) is 13.2. The minimum atomic E-state index is -1.27. The van der Waals surface area contributed by atoms with Gasteiger partial charge < -0.3 is 5.73 Å². The molecule has 0 amide bonds. The van der Waals surface area contributed by atoms with Gasteiger partial charge in [0.1, 0.15) is 5.67 Å². The highest BCUT2D eigenvalue weighted by atomic mass is 19.1. The van der Waals surface area contributed by atoms with Crippen LogP contribution in [0.4, 0.5) is 4.39 Å². The molecule has 0 heterocycles. The Labute approximate surface area is 97.9 Å². The standard InChI is InChI=1S/C14H22FN/c1-10-5-6-12(14(3,4)15)9-13(10)11(2)7-8-16/h5-6,9,11H,7-8,16H2,1-4H3. The van der Waals surface area contributed by atoms with E-state index in [1.807, 2.05) is 18.2 Å². The fraction of sp³-hybridized carbons (Fsp3) is 0.571. The van der Waals surface area contributed by atoms with Crippen molar-refractivity contribution in [2.75, 3.05) is 6.54 Å². The third-order valence-electron chi connectivity index (χ3n) is 3.10. The lowest BCUT2D eigenvalue weighted by Gasteiger charge is -2.20. The number of hydrogen-bond donors (Lipinski definition) is 1. The maximum atomic E-state index is 13.9. The summed E-state index contributed by atoms with van der Waals surface area (Å²) in [5.41, 5.74) is 7.47. The number of nitrogens with two attached hydrogens (primary N) is 1. The highest BCUT2D eigenvalue weighted by Gasteiger charge is 2.20. The molecule has 0 radical (unpaired) electrons. The van der Waals surface area contributed by atoms with E-state index < -0.39 is 5.67 Å². The summed E-state index contributed by atoms with van der Waals surface area (Å²) in [5, 5.41) is 0. The summed E-state index contributed by atoms with van der Waals surface area (Å²) in [7, 11) is 0. The normalized spacial score (nSPS) is 13.9. The number of benzene rings is 1. The first-order valence-corrected chi connectivity index (χ1v) is 5.86. The molecule has 0 saturated heterocycles. The van der Waals surface area contributed by atoms with E-state index in [1.165, 1.54) is 11.1 Å². The van der Waals surface area contributed by atoms with Crippen LogP contribution in [0.5, 0.6) is 0 Å². The van der Waals surface area contributed by atoms with Crippen LogP contribution < -0.4 is 5.73 Å². The Bertz CT molecular complexity index is 352. The van der Waals surface area contributed by atoms with Gasteiger partial charge >= 0.3 is 0 Å². The second-order valence-electron chi connectivity index (χ2n) is 5.02. The molecule has 2 N–H and O–H groups in total. The Hall–Kier alpha value is -0.890. The largest absolute Gasteiger partial charge is 0.330 e. The number of aryl methyl sites for hydroxylation is 1. The van der Waals surface area contributed by atoms with Crippen LogP contribution in [0.15, 0.2) is 18.2 Å². The van der Waals surface area contributed by atoms with Crippen molar-refractivity contribution in [2.45, 2.75) is 45.7 Å². The van der Waals surface area contributed by atoms with Crippen LogP contribution >= 0.6 is 0 Å². The first-order chi connectivity index (χ1) is 7.36. The fourth-order valence-electron chi connectivity index (χ4n) is 1.95. The van der Waals surface area contributed by atoms with E-state index in [4.69, 9.17) is 5.73 Å². The van der Waals surface area contributed by atoms with Crippen LogP contribution in [0.2, 0.25) is 0 Å². The van der Waals surface area contributed by atoms with E-state index in [2.05, 4.69) is 13.8 Å². The van der Waals surface area contributed by atoms with Gasteiger partial charge in [0, 0.05) is 0 Å². The van der Waals surface area contributed by atoms with E-state index in [0.717, 1.165) is 12.0 Å². The maximum Gasteiger partial charge on any atom is 0.130 e. The summed E-state index contributed by atoms with van der Waals surface area (Å²) in [4.78, 5) is 0. The number of alkyl halides is 1. The van der Waals surface area contributed by atoms with Crippen molar-refractivity contribution < 1.29 is 4.39 Å². The van der Waals surface area contributed by atoms with E-state index >= 15 is 0 Å². The molecular formula is C14H22FN. The molecular weight excluding hydrogens is 201 g/mol. The van der Waals surface area contributed by atoms with Crippen molar-refractivity contribution in [1.29, 1.82) is 0 Å². The SMILES string of the molecule is Cc1ccc(C(C)(C)F)cc1C(C)CCN. The number of hydrogen-bond acceptors (Lipinski definition) is 1. The molecule has 0 spiro atoms. The van der Waals surface area contributed by atoms with Gasteiger partial charge in [-0.25, -0.2) is 4.39 Å². The smallest absolute Gasteiger partial charge is 0.130 e. The van der Waals surface area contributed by atoms with E-state index in [0.29, 0.717) is 12.5 Å². The van der Waals surface area contributed by atoms with Gasteiger partial charge in [0.15, 0.2) is 0 Å². The Morgan fingerprint density at radius 1 is 1.38 bits per heavy atom. The summed E-state index contributed by atoms with van der Waals surface area (Å²) in [6.07, 6.45) is 0.941. The average Bonchev–Trinajstić information content (AvgIpc) is 2.16. The zero-order valence-electron chi connectivity index (χ0n) is 10.7. The van der Waals surface area contributed by atoms with Crippen molar-refractivity contribution in [2.24, 2.45) is 5.73 Å². The summed E-state index contributed by atoms with van der Waals surface area (Å²) in [5.74, 6) is 0.396. The molecule has 0 aliphatic heterocycles. The lowest BCUT2D eigenvalue weighted by atomic mass is 9.89. The van der Waals surface area contributed by atoms with E-state index in [-0.39, 0.29) is 0 Å². The van der Waals surface area contributed by atoms with Crippen LogP contribution in [0.3, 0.4) is 0 Å². The minimum absolute atomic E-state index is 0.396. The van der Waals surface area contributed by atoms with Gasteiger partial charge in [0.2, 0.25) is 0 Å². The molecule has 0 aromatic heterocycles. The van der Waals surface area contributed by atoms with Gasteiger partial charge in [-0.05, 0) is 56.3 Å². The Balaban J connectivity index is 3.09. The van der Waals surface area contributed by atoms with Crippen molar-refractivity contribution in [3.8, 4) is 0 Å². The highest BCUT2D eigenvalue weighted by molar-refractivity contribution is 5.35. The Morgan fingerprint density at radius 3 is 2.50 bits per heavy atom. The highest BCUT2D eigenvalue weighted by Crippen LogP contribution is 2.30. The Kier molecular flexibility index (Phi) is 4.09. The quantitative estimate of drug-likeness (QED) is 0.828. The molecule has 0 saturated carbocycles. The van der Waals surface area contributed by atoms with Gasteiger partial charge in [-0.2, -0.15) is 0 Å². The molecule has 16 heavy (non-hydrogen) atoms. The molecule has 2 heteroatoms. The fourth-order valence-corrected chi connectivity index (χ4v) is 1.95.